The second-order valence-corrected chi connectivity index (χ2v) is 7.49. The number of hydrogen-bond donors (Lipinski definition) is 0. The Bertz CT molecular complexity index is 794. The third-order valence-electron chi connectivity index (χ3n) is 3.91. The summed E-state index contributed by atoms with van der Waals surface area (Å²) in [6.07, 6.45) is 0.831. The fourth-order valence-corrected chi connectivity index (χ4v) is 4.32. The van der Waals surface area contributed by atoms with E-state index in [9.17, 15) is 4.79 Å². The van der Waals surface area contributed by atoms with E-state index in [1.54, 1.807) is 11.3 Å². The molecule has 3 heterocycles. The van der Waals surface area contributed by atoms with Crippen LogP contribution in [0.5, 0.6) is 0 Å². The summed E-state index contributed by atoms with van der Waals surface area (Å²) < 4.78 is 0. The zero-order chi connectivity index (χ0) is 15.8. The fraction of sp³-hybridized carbons (Fsp3) is 0.235. The van der Waals surface area contributed by atoms with Gasteiger partial charge >= 0.3 is 0 Å². The van der Waals surface area contributed by atoms with Crippen molar-refractivity contribution in [2.24, 2.45) is 10.1 Å². The number of aliphatic imine (C=N–C) groups is 1. The largest absolute Gasteiger partial charge is 0.272 e. The molecule has 0 N–H and O–H groups in total. The summed E-state index contributed by atoms with van der Waals surface area (Å²) in [5, 5.41) is 9.52. The molecule has 0 bridgehead atoms. The highest BCUT2D eigenvalue weighted by Crippen LogP contribution is 2.38. The van der Waals surface area contributed by atoms with Crippen LogP contribution in [0.3, 0.4) is 0 Å². The Morgan fingerprint density at radius 3 is 2.70 bits per heavy atom. The first-order chi connectivity index (χ1) is 11.2. The maximum atomic E-state index is 11.5. The Morgan fingerprint density at radius 1 is 1.22 bits per heavy atom. The second kappa shape index (κ2) is 5.94. The number of amides is 1. The number of carbonyl (C=O) groups excluding carboxylic acids is 1. The summed E-state index contributed by atoms with van der Waals surface area (Å²) in [5.74, 6) is 0.340. The zero-order valence-corrected chi connectivity index (χ0v) is 14.2. The van der Waals surface area contributed by atoms with E-state index in [0.29, 0.717) is 5.75 Å². The van der Waals surface area contributed by atoms with Gasteiger partial charge in [0.15, 0.2) is 5.17 Å². The number of carbonyl (C=O) groups is 1. The van der Waals surface area contributed by atoms with Crippen molar-refractivity contribution in [1.29, 1.82) is 0 Å². The third-order valence-corrected chi connectivity index (χ3v) is 5.81. The van der Waals surface area contributed by atoms with Gasteiger partial charge in [-0.05, 0) is 23.9 Å². The number of benzene rings is 1. The highest BCUT2D eigenvalue weighted by Gasteiger charge is 2.34. The fourth-order valence-electron chi connectivity index (χ4n) is 2.72. The molecule has 23 heavy (non-hydrogen) atoms. The lowest BCUT2D eigenvalue weighted by Crippen LogP contribution is -2.23. The summed E-state index contributed by atoms with van der Waals surface area (Å²) in [6.45, 7) is 2.08. The summed E-state index contributed by atoms with van der Waals surface area (Å²) >= 11 is 3.19. The van der Waals surface area contributed by atoms with Crippen molar-refractivity contribution < 1.29 is 4.79 Å². The molecule has 4 nitrogen and oxygen atoms in total. The maximum absolute atomic E-state index is 11.5. The standard InChI is InChI=1S/C17H15N3OS2/c1-11-4-6-12(7-5-11)13-9-14(15-3-2-8-22-15)20(19-13)17-18-16(21)10-23-17/h2-8,14H,9-10H2,1H3. The molecule has 6 heteroatoms. The van der Waals surface area contributed by atoms with Crippen LogP contribution in [0.25, 0.3) is 0 Å². The number of aryl methyl sites for hydroxylation is 1. The normalized spacial score (nSPS) is 20.8. The van der Waals surface area contributed by atoms with E-state index in [2.05, 4.69) is 53.7 Å². The molecular formula is C17H15N3OS2. The Labute approximate surface area is 142 Å². The maximum Gasteiger partial charge on any atom is 0.258 e. The van der Waals surface area contributed by atoms with Gasteiger partial charge in [0.25, 0.3) is 5.91 Å². The number of hydrazone groups is 1. The summed E-state index contributed by atoms with van der Waals surface area (Å²) in [6, 6.07) is 12.7. The van der Waals surface area contributed by atoms with Crippen LogP contribution in [-0.4, -0.2) is 27.5 Å². The van der Waals surface area contributed by atoms with Gasteiger partial charge in [0.2, 0.25) is 0 Å². The highest BCUT2D eigenvalue weighted by molar-refractivity contribution is 8.14. The minimum absolute atomic E-state index is 0.0751. The predicted octanol–water partition coefficient (Wildman–Crippen LogP) is 3.84. The van der Waals surface area contributed by atoms with Gasteiger partial charge in [-0.2, -0.15) is 10.1 Å². The molecule has 1 aromatic heterocycles. The molecule has 1 unspecified atom stereocenters. The van der Waals surface area contributed by atoms with Crippen LogP contribution in [0.2, 0.25) is 0 Å². The molecule has 1 amide bonds. The van der Waals surface area contributed by atoms with Crippen LogP contribution < -0.4 is 0 Å². The van der Waals surface area contributed by atoms with E-state index in [1.807, 2.05) is 5.01 Å². The van der Waals surface area contributed by atoms with E-state index in [4.69, 9.17) is 5.10 Å². The number of rotatable bonds is 2. The van der Waals surface area contributed by atoms with Crippen molar-refractivity contribution in [3.8, 4) is 0 Å². The summed E-state index contributed by atoms with van der Waals surface area (Å²) in [5.41, 5.74) is 3.42. The molecule has 4 rings (SSSR count). The molecule has 1 aromatic carbocycles. The van der Waals surface area contributed by atoms with Crippen LogP contribution in [0.1, 0.15) is 28.5 Å². The van der Waals surface area contributed by atoms with Crippen LogP contribution >= 0.6 is 23.1 Å². The van der Waals surface area contributed by atoms with Gasteiger partial charge in [0.1, 0.15) is 0 Å². The summed E-state index contributed by atoms with van der Waals surface area (Å²) in [7, 11) is 0. The van der Waals surface area contributed by atoms with E-state index >= 15 is 0 Å². The lowest BCUT2D eigenvalue weighted by atomic mass is 10.0. The van der Waals surface area contributed by atoms with Gasteiger partial charge < -0.3 is 0 Å². The van der Waals surface area contributed by atoms with E-state index < -0.39 is 0 Å². The third kappa shape index (κ3) is 2.84. The van der Waals surface area contributed by atoms with Crippen LogP contribution in [-0.2, 0) is 4.79 Å². The van der Waals surface area contributed by atoms with Gasteiger partial charge in [-0.1, -0.05) is 47.7 Å². The lowest BCUT2D eigenvalue weighted by molar-refractivity contribution is -0.115. The molecule has 2 aliphatic rings. The molecule has 0 spiro atoms. The Balaban J connectivity index is 1.70. The molecule has 1 atom stereocenters. The molecule has 116 valence electrons. The lowest BCUT2D eigenvalue weighted by Gasteiger charge is -2.21. The van der Waals surface area contributed by atoms with Crippen LogP contribution in [0, 0.1) is 6.92 Å². The second-order valence-electron chi connectivity index (χ2n) is 5.57. The average Bonchev–Trinajstić information content (AvgIpc) is 3.27. The quantitative estimate of drug-likeness (QED) is 0.834. The van der Waals surface area contributed by atoms with Crippen molar-refractivity contribution >= 4 is 39.9 Å². The number of nitrogens with zero attached hydrogens (tertiary/aromatic N) is 3. The number of thiophene rings is 1. The monoisotopic (exact) mass is 341 g/mol. The van der Waals surface area contributed by atoms with Crippen molar-refractivity contribution in [2.75, 3.05) is 5.75 Å². The molecule has 0 saturated carbocycles. The first kappa shape index (κ1) is 14.7. The molecule has 0 saturated heterocycles. The van der Waals surface area contributed by atoms with Crippen molar-refractivity contribution in [1.82, 2.24) is 5.01 Å². The van der Waals surface area contributed by atoms with Crippen molar-refractivity contribution in [3.05, 3.63) is 57.8 Å². The Morgan fingerprint density at radius 2 is 2.04 bits per heavy atom. The van der Waals surface area contributed by atoms with Crippen LogP contribution in [0.4, 0.5) is 0 Å². The highest BCUT2D eigenvalue weighted by atomic mass is 32.2. The minimum Gasteiger partial charge on any atom is -0.272 e. The van der Waals surface area contributed by atoms with Crippen LogP contribution in [0.15, 0.2) is 51.9 Å². The number of hydrogen-bond acceptors (Lipinski definition) is 5. The van der Waals surface area contributed by atoms with Gasteiger partial charge in [-0.15, -0.1) is 11.3 Å². The topological polar surface area (TPSA) is 45.0 Å². The first-order valence-electron chi connectivity index (χ1n) is 7.42. The summed E-state index contributed by atoms with van der Waals surface area (Å²) in [4.78, 5) is 16.9. The van der Waals surface area contributed by atoms with Gasteiger partial charge in [0.05, 0.1) is 17.5 Å². The molecular weight excluding hydrogens is 326 g/mol. The van der Waals surface area contributed by atoms with E-state index in [-0.39, 0.29) is 11.9 Å². The number of thioether (sulfide) groups is 1. The molecule has 0 fully saturated rings. The van der Waals surface area contributed by atoms with Gasteiger partial charge in [-0.3, -0.25) is 4.79 Å². The minimum atomic E-state index is -0.0751. The van der Waals surface area contributed by atoms with Gasteiger partial charge in [-0.25, -0.2) is 5.01 Å². The van der Waals surface area contributed by atoms with Crippen molar-refractivity contribution in [3.63, 3.8) is 0 Å². The molecule has 0 radical (unpaired) electrons. The van der Waals surface area contributed by atoms with Crippen molar-refractivity contribution in [2.45, 2.75) is 19.4 Å². The smallest absolute Gasteiger partial charge is 0.258 e. The Kier molecular flexibility index (Phi) is 3.79. The molecule has 2 aromatic rings. The Hall–Kier alpha value is -1.92. The first-order valence-corrected chi connectivity index (χ1v) is 9.29. The number of amidine groups is 1. The van der Waals surface area contributed by atoms with E-state index in [1.165, 1.54) is 22.2 Å². The SMILES string of the molecule is Cc1ccc(C2=NN(C3=NC(=O)CS3)C(c3cccs3)C2)cc1. The van der Waals surface area contributed by atoms with Gasteiger partial charge in [0, 0.05) is 11.3 Å². The zero-order valence-electron chi connectivity index (χ0n) is 12.6. The molecule has 2 aliphatic heterocycles. The molecule has 0 aliphatic carbocycles. The average molecular weight is 341 g/mol. The van der Waals surface area contributed by atoms with E-state index in [0.717, 1.165) is 22.9 Å². The predicted molar refractivity (Wildman–Crippen MR) is 96.1 cm³/mol.